The Hall–Kier alpha value is -1.79. The van der Waals surface area contributed by atoms with Gasteiger partial charge in [0.15, 0.2) is 0 Å². The number of rotatable bonds is 3. The lowest BCUT2D eigenvalue weighted by Crippen LogP contribution is -2.64. The molecule has 5 nitrogen and oxygen atoms in total. The van der Waals surface area contributed by atoms with Crippen molar-refractivity contribution in [2.24, 2.45) is 17.8 Å². The second-order valence-corrected chi connectivity index (χ2v) is 10.4. The maximum absolute atomic E-state index is 13.2. The molecule has 4 bridgehead atoms. The average molecular weight is 412 g/mol. The molecule has 0 spiro atoms. The van der Waals surface area contributed by atoms with E-state index in [2.05, 4.69) is 9.80 Å². The third-order valence-electron chi connectivity index (χ3n) is 8.64. The van der Waals surface area contributed by atoms with E-state index in [1.54, 1.807) is 0 Å². The number of piperazine rings is 1. The molecule has 0 N–H and O–H groups in total. The van der Waals surface area contributed by atoms with Gasteiger partial charge < -0.3 is 0 Å². The van der Waals surface area contributed by atoms with Gasteiger partial charge in [0.2, 0.25) is 5.91 Å². The smallest absolute Gasteiger partial charge is 0.251 e. The first-order chi connectivity index (χ1) is 14.5. The van der Waals surface area contributed by atoms with Crippen LogP contribution in [0, 0.1) is 23.6 Å². The number of hydrogen-bond acceptors (Lipinski definition) is 4. The third kappa shape index (κ3) is 2.94. The predicted molar refractivity (Wildman–Crippen MR) is 111 cm³/mol. The molecule has 6 aliphatic rings. The molecule has 1 aromatic carbocycles. The zero-order valence-corrected chi connectivity index (χ0v) is 17.4. The van der Waals surface area contributed by atoms with Crippen LogP contribution in [0.1, 0.15) is 44.9 Å². The van der Waals surface area contributed by atoms with E-state index >= 15 is 0 Å². The summed E-state index contributed by atoms with van der Waals surface area (Å²) in [6, 6.07) is 5.25. The molecule has 0 radical (unpaired) electrons. The van der Waals surface area contributed by atoms with Gasteiger partial charge in [-0.25, -0.2) is 9.29 Å². The normalized spacial score (nSPS) is 39.3. The topological polar surface area (TPSA) is 43.9 Å². The highest BCUT2D eigenvalue weighted by atomic mass is 19.1. The summed E-state index contributed by atoms with van der Waals surface area (Å²) in [5.74, 6) is 2.11. The Bertz CT molecular complexity index is 826. The first-order valence-electron chi connectivity index (χ1n) is 11.6. The quantitative estimate of drug-likeness (QED) is 0.717. The van der Waals surface area contributed by atoms with Crippen LogP contribution >= 0.6 is 0 Å². The Morgan fingerprint density at radius 2 is 1.40 bits per heavy atom. The number of anilines is 1. The van der Waals surface area contributed by atoms with Gasteiger partial charge in [-0.1, -0.05) is 0 Å². The first-order valence-corrected chi connectivity index (χ1v) is 11.6. The van der Waals surface area contributed by atoms with Gasteiger partial charge in [-0.15, -0.1) is 0 Å². The van der Waals surface area contributed by atoms with Gasteiger partial charge >= 0.3 is 0 Å². The molecule has 4 saturated carbocycles. The second kappa shape index (κ2) is 6.86. The van der Waals surface area contributed by atoms with Gasteiger partial charge in [0.1, 0.15) is 5.82 Å². The molecule has 4 aliphatic carbocycles. The molecule has 160 valence electrons. The van der Waals surface area contributed by atoms with Crippen molar-refractivity contribution in [3.05, 3.63) is 30.1 Å². The van der Waals surface area contributed by atoms with E-state index < -0.39 is 0 Å². The van der Waals surface area contributed by atoms with E-state index in [0.717, 1.165) is 43.9 Å². The summed E-state index contributed by atoms with van der Waals surface area (Å²) in [4.78, 5) is 31.8. The highest BCUT2D eigenvalue weighted by Crippen LogP contribution is 2.57. The Morgan fingerprint density at radius 3 is 1.97 bits per heavy atom. The van der Waals surface area contributed by atoms with Gasteiger partial charge in [-0.05, 0) is 80.5 Å². The molecule has 2 amide bonds. The van der Waals surface area contributed by atoms with Crippen LogP contribution in [-0.2, 0) is 9.59 Å². The summed E-state index contributed by atoms with van der Waals surface area (Å²) < 4.78 is 13.2. The van der Waals surface area contributed by atoms with Crippen LogP contribution in [0.5, 0.6) is 0 Å². The number of hydrogen-bond donors (Lipinski definition) is 0. The van der Waals surface area contributed by atoms with E-state index in [1.165, 1.54) is 67.7 Å². The van der Waals surface area contributed by atoms with Crippen LogP contribution < -0.4 is 4.90 Å². The van der Waals surface area contributed by atoms with E-state index in [4.69, 9.17) is 0 Å². The van der Waals surface area contributed by atoms with E-state index in [-0.39, 0.29) is 30.1 Å². The number of amides is 2. The second-order valence-electron chi connectivity index (χ2n) is 10.4. The fraction of sp³-hybridized carbons (Fsp3) is 0.667. The number of halogens is 1. The highest BCUT2D eigenvalue weighted by Gasteiger charge is 2.54. The van der Waals surface area contributed by atoms with Gasteiger partial charge in [-0.2, -0.15) is 0 Å². The van der Waals surface area contributed by atoms with Crippen LogP contribution in [0.4, 0.5) is 10.1 Å². The average Bonchev–Trinajstić information content (AvgIpc) is 3.02. The van der Waals surface area contributed by atoms with Crippen molar-refractivity contribution in [2.45, 2.75) is 56.5 Å². The molecule has 2 saturated heterocycles. The van der Waals surface area contributed by atoms with Crippen LogP contribution in [-0.4, -0.2) is 59.4 Å². The highest BCUT2D eigenvalue weighted by molar-refractivity contribution is 6.22. The molecule has 2 aliphatic heterocycles. The van der Waals surface area contributed by atoms with Gasteiger partial charge in [0.25, 0.3) is 5.91 Å². The van der Waals surface area contributed by atoms with Gasteiger partial charge in [-0.3, -0.25) is 19.4 Å². The maximum Gasteiger partial charge on any atom is 0.251 e. The minimum atomic E-state index is -0.374. The van der Waals surface area contributed by atoms with Crippen molar-refractivity contribution in [2.75, 3.05) is 31.1 Å². The molecule has 1 atom stereocenters. The Morgan fingerprint density at radius 1 is 0.833 bits per heavy atom. The van der Waals surface area contributed by atoms with E-state index in [0.29, 0.717) is 11.2 Å². The summed E-state index contributed by atoms with van der Waals surface area (Å²) >= 11 is 0. The van der Waals surface area contributed by atoms with Gasteiger partial charge in [0.05, 0.1) is 18.2 Å². The molecule has 0 unspecified atom stereocenters. The van der Waals surface area contributed by atoms with Crippen LogP contribution in [0.3, 0.4) is 0 Å². The van der Waals surface area contributed by atoms with Crippen LogP contribution in [0.2, 0.25) is 0 Å². The Balaban J connectivity index is 1.13. The summed E-state index contributed by atoms with van der Waals surface area (Å²) in [7, 11) is 0. The van der Waals surface area contributed by atoms with Crippen molar-refractivity contribution in [3.63, 3.8) is 0 Å². The third-order valence-corrected chi connectivity index (χ3v) is 8.64. The zero-order valence-electron chi connectivity index (χ0n) is 17.4. The van der Waals surface area contributed by atoms with Crippen LogP contribution in [0.25, 0.3) is 0 Å². The number of carbonyl (C=O) groups excluding carboxylic acids is 2. The SMILES string of the molecule is O=C1C[C@H](N2CCN(C34CC5CC(CC(C5)C3)C4)CC2)C(=O)N1c1ccc(F)cc1. The fourth-order valence-electron chi connectivity index (χ4n) is 7.72. The Labute approximate surface area is 177 Å². The molecule has 6 fully saturated rings. The lowest BCUT2D eigenvalue weighted by molar-refractivity contribution is -0.125. The summed E-state index contributed by atoms with van der Waals surface area (Å²) in [6.45, 7) is 3.70. The van der Waals surface area contributed by atoms with Crippen LogP contribution in [0.15, 0.2) is 24.3 Å². The molecule has 30 heavy (non-hydrogen) atoms. The monoisotopic (exact) mass is 411 g/mol. The Kier molecular flexibility index (Phi) is 4.33. The molecule has 0 aromatic heterocycles. The maximum atomic E-state index is 13.2. The van der Waals surface area contributed by atoms with E-state index in [1.807, 2.05) is 0 Å². The molecule has 6 heteroatoms. The fourth-order valence-corrected chi connectivity index (χ4v) is 7.72. The van der Waals surface area contributed by atoms with Gasteiger partial charge in [0, 0.05) is 31.7 Å². The zero-order chi connectivity index (χ0) is 20.5. The van der Waals surface area contributed by atoms with Crippen molar-refractivity contribution < 1.29 is 14.0 Å². The number of carbonyl (C=O) groups is 2. The summed E-state index contributed by atoms with van der Waals surface area (Å²) in [5, 5.41) is 0. The van der Waals surface area contributed by atoms with Crippen molar-refractivity contribution >= 4 is 17.5 Å². The number of benzene rings is 1. The largest absolute Gasteiger partial charge is 0.295 e. The van der Waals surface area contributed by atoms with Crippen molar-refractivity contribution in [3.8, 4) is 0 Å². The minimum absolute atomic E-state index is 0.158. The molecule has 1 aromatic rings. The van der Waals surface area contributed by atoms with E-state index in [9.17, 15) is 14.0 Å². The minimum Gasteiger partial charge on any atom is -0.295 e. The molecule has 7 rings (SSSR count). The first kappa shape index (κ1) is 18.9. The predicted octanol–water partition coefficient (Wildman–Crippen LogP) is 3.04. The lowest BCUT2D eigenvalue weighted by Gasteiger charge is -2.61. The molecular weight excluding hydrogens is 381 g/mol. The lowest BCUT2D eigenvalue weighted by atomic mass is 9.52. The molecular formula is C24H30FN3O2. The number of imide groups is 1. The summed E-state index contributed by atoms with van der Waals surface area (Å²) in [6.07, 6.45) is 8.72. The number of nitrogens with zero attached hydrogens (tertiary/aromatic N) is 3. The van der Waals surface area contributed by atoms with Crippen molar-refractivity contribution in [1.82, 2.24) is 9.80 Å². The molecule has 2 heterocycles. The van der Waals surface area contributed by atoms with Crippen molar-refractivity contribution in [1.29, 1.82) is 0 Å². The standard InChI is InChI=1S/C24H30FN3O2/c25-19-1-3-20(4-2-19)28-22(29)12-21(23(28)30)26-5-7-27(8-6-26)24-13-16-9-17(14-24)11-18(10-16)15-24/h1-4,16-18,21H,5-15H2/t16?,17?,18?,21-,24?/m0/s1. The summed E-state index contributed by atoms with van der Waals surface area (Å²) in [5.41, 5.74) is 0.886.